The lowest BCUT2D eigenvalue weighted by Crippen LogP contribution is -2.37. The molecular formula is C17H29ClN2. The Bertz CT molecular complexity index is 411. The van der Waals surface area contributed by atoms with E-state index in [0.717, 1.165) is 35.7 Å². The maximum absolute atomic E-state index is 6.51. The van der Waals surface area contributed by atoms with Crippen molar-refractivity contribution in [3.63, 3.8) is 0 Å². The van der Waals surface area contributed by atoms with Gasteiger partial charge in [0.2, 0.25) is 0 Å². The summed E-state index contributed by atoms with van der Waals surface area (Å²) in [5.74, 6) is 0.611. The highest BCUT2D eigenvalue weighted by Gasteiger charge is 2.19. The van der Waals surface area contributed by atoms with Crippen LogP contribution in [0.2, 0.25) is 5.02 Å². The Hall–Kier alpha value is -0.730. The van der Waals surface area contributed by atoms with Crippen LogP contribution in [0.15, 0.2) is 18.2 Å². The van der Waals surface area contributed by atoms with E-state index in [1.165, 1.54) is 0 Å². The smallest absolute Gasteiger partial charge is 0.0642 e. The van der Waals surface area contributed by atoms with Crippen molar-refractivity contribution in [1.29, 1.82) is 0 Å². The van der Waals surface area contributed by atoms with Gasteiger partial charge in [0.15, 0.2) is 0 Å². The predicted molar refractivity (Wildman–Crippen MR) is 90.6 cm³/mol. The van der Waals surface area contributed by atoms with E-state index in [2.05, 4.69) is 44.7 Å². The molecule has 114 valence electrons. The van der Waals surface area contributed by atoms with Crippen molar-refractivity contribution in [3.05, 3.63) is 28.8 Å². The maximum Gasteiger partial charge on any atom is 0.0642 e. The van der Waals surface area contributed by atoms with Gasteiger partial charge in [-0.2, -0.15) is 0 Å². The van der Waals surface area contributed by atoms with Gasteiger partial charge >= 0.3 is 0 Å². The van der Waals surface area contributed by atoms with Crippen LogP contribution in [0.25, 0.3) is 0 Å². The summed E-state index contributed by atoms with van der Waals surface area (Å²) >= 11 is 6.51. The van der Waals surface area contributed by atoms with Crippen molar-refractivity contribution in [3.8, 4) is 0 Å². The minimum atomic E-state index is 0.0215. The van der Waals surface area contributed by atoms with Crippen LogP contribution < -0.4 is 10.6 Å². The molecule has 1 atom stereocenters. The molecule has 0 radical (unpaired) electrons. The number of halogens is 1. The highest BCUT2D eigenvalue weighted by atomic mass is 35.5. The molecule has 0 spiro atoms. The molecule has 1 rings (SSSR count). The summed E-state index contributed by atoms with van der Waals surface area (Å²) in [6.45, 7) is 12.0. The molecule has 0 bridgehead atoms. The van der Waals surface area contributed by atoms with E-state index in [9.17, 15) is 0 Å². The Morgan fingerprint density at radius 1 is 1.15 bits per heavy atom. The molecule has 1 aromatic rings. The van der Waals surface area contributed by atoms with Crippen LogP contribution in [0.1, 0.15) is 59.1 Å². The Balaban J connectivity index is 3.13. The third-order valence-electron chi connectivity index (χ3n) is 3.75. The molecule has 0 aliphatic heterocycles. The summed E-state index contributed by atoms with van der Waals surface area (Å²) < 4.78 is 0. The molecule has 1 aromatic carbocycles. The van der Waals surface area contributed by atoms with E-state index in [4.69, 9.17) is 17.3 Å². The van der Waals surface area contributed by atoms with Crippen molar-refractivity contribution in [2.24, 2.45) is 11.7 Å². The molecule has 20 heavy (non-hydrogen) atoms. The quantitative estimate of drug-likeness (QED) is 0.766. The third-order valence-corrected chi connectivity index (χ3v) is 4.05. The number of hydrogen-bond donors (Lipinski definition) is 1. The molecule has 0 aliphatic rings. The van der Waals surface area contributed by atoms with Crippen molar-refractivity contribution >= 4 is 17.3 Å². The molecule has 2 N–H and O–H groups in total. The topological polar surface area (TPSA) is 29.3 Å². The second-order valence-electron chi connectivity index (χ2n) is 6.02. The highest BCUT2D eigenvalue weighted by Crippen LogP contribution is 2.31. The van der Waals surface area contributed by atoms with Crippen molar-refractivity contribution in [2.45, 2.75) is 59.5 Å². The summed E-state index contributed by atoms with van der Waals surface area (Å²) in [6, 6.07) is 6.80. The van der Waals surface area contributed by atoms with E-state index in [1.54, 1.807) is 0 Å². The van der Waals surface area contributed by atoms with Gasteiger partial charge in [0.25, 0.3) is 0 Å². The Morgan fingerprint density at radius 3 is 2.15 bits per heavy atom. The monoisotopic (exact) mass is 296 g/mol. The van der Waals surface area contributed by atoms with Crippen molar-refractivity contribution < 1.29 is 0 Å². The summed E-state index contributed by atoms with van der Waals surface area (Å²) in [4.78, 5) is 2.46. The van der Waals surface area contributed by atoms with Gasteiger partial charge in [-0.1, -0.05) is 45.4 Å². The first kappa shape index (κ1) is 17.3. The fraction of sp³-hybridized carbons (Fsp3) is 0.647. The first-order chi connectivity index (χ1) is 9.40. The molecule has 0 aliphatic carbocycles. The summed E-state index contributed by atoms with van der Waals surface area (Å²) in [6.07, 6.45) is 2.27. The Labute approximate surface area is 129 Å². The molecule has 3 heteroatoms. The van der Waals surface area contributed by atoms with Crippen LogP contribution in [-0.2, 0) is 0 Å². The molecule has 0 amide bonds. The summed E-state index contributed by atoms with van der Waals surface area (Å²) in [7, 11) is 0. The number of anilines is 1. The Kier molecular flexibility index (Phi) is 6.84. The van der Waals surface area contributed by atoms with Crippen molar-refractivity contribution in [2.75, 3.05) is 11.4 Å². The average Bonchev–Trinajstić information content (AvgIpc) is 2.38. The van der Waals surface area contributed by atoms with Gasteiger partial charge in [-0.15, -0.1) is 0 Å². The lowest BCUT2D eigenvalue weighted by molar-refractivity contribution is 0.507. The van der Waals surface area contributed by atoms with Crippen LogP contribution in [-0.4, -0.2) is 12.6 Å². The molecular weight excluding hydrogens is 268 g/mol. The number of rotatable bonds is 7. The zero-order valence-corrected chi connectivity index (χ0v) is 14.2. The molecule has 0 unspecified atom stereocenters. The molecule has 0 saturated carbocycles. The van der Waals surface area contributed by atoms with Crippen LogP contribution in [0.4, 0.5) is 5.69 Å². The Morgan fingerprint density at radius 2 is 1.75 bits per heavy atom. The number of hydrogen-bond acceptors (Lipinski definition) is 2. The van der Waals surface area contributed by atoms with Crippen LogP contribution in [0.3, 0.4) is 0 Å². The fourth-order valence-electron chi connectivity index (χ4n) is 2.61. The van der Waals surface area contributed by atoms with Gasteiger partial charge < -0.3 is 10.6 Å². The molecule has 0 saturated heterocycles. The molecule has 0 fully saturated rings. The first-order valence-electron chi connectivity index (χ1n) is 7.72. The number of nitrogens with zero attached hydrogens (tertiary/aromatic N) is 1. The highest BCUT2D eigenvalue weighted by molar-refractivity contribution is 6.33. The number of benzene rings is 1. The van der Waals surface area contributed by atoms with E-state index in [1.807, 2.05) is 13.0 Å². The van der Waals surface area contributed by atoms with Crippen molar-refractivity contribution in [1.82, 2.24) is 0 Å². The number of nitrogens with two attached hydrogens (primary N) is 1. The second-order valence-corrected chi connectivity index (χ2v) is 6.42. The van der Waals surface area contributed by atoms with Crippen LogP contribution >= 0.6 is 11.6 Å². The second kappa shape index (κ2) is 7.90. The lowest BCUT2D eigenvalue weighted by atomic mass is 10.0. The molecule has 0 heterocycles. The summed E-state index contributed by atoms with van der Waals surface area (Å²) in [5, 5.41) is 0.812. The largest absolute Gasteiger partial charge is 0.367 e. The van der Waals surface area contributed by atoms with Crippen LogP contribution in [0.5, 0.6) is 0 Å². The fourth-order valence-corrected chi connectivity index (χ4v) is 2.90. The zero-order chi connectivity index (χ0) is 15.3. The molecule has 2 nitrogen and oxygen atoms in total. The maximum atomic E-state index is 6.51. The summed E-state index contributed by atoms with van der Waals surface area (Å²) in [5.41, 5.74) is 8.16. The standard InChI is InChI=1S/C17H29ClN2/c1-6-15(7-2)20(11-12(3)4)17-9-8-14(13(5)19)10-16(17)18/h8-10,12-13,15H,6-7,11,19H2,1-5H3/t13-/m1/s1. The van der Waals surface area contributed by atoms with Gasteiger partial charge in [-0.05, 0) is 43.4 Å². The zero-order valence-electron chi connectivity index (χ0n) is 13.5. The van der Waals surface area contributed by atoms with E-state index >= 15 is 0 Å². The minimum Gasteiger partial charge on any atom is -0.367 e. The normalized spacial score (nSPS) is 13.1. The lowest BCUT2D eigenvalue weighted by Gasteiger charge is -2.35. The predicted octanol–water partition coefficient (Wildman–Crippen LogP) is 5.01. The van der Waals surface area contributed by atoms with Gasteiger partial charge in [0.05, 0.1) is 10.7 Å². The van der Waals surface area contributed by atoms with E-state index in [-0.39, 0.29) is 6.04 Å². The molecule has 0 aromatic heterocycles. The third kappa shape index (κ3) is 4.39. The average molecular weight is 297 g/mol. The van der Waals surface area contributed by atoms with Gasteiger partial charge in [-0.25, -0.2) is 0 Å². The van der Waals surface area contributed by atoms with Gasteiger partial charge in [0.1, 0.15) is 0 Å². The minimum absolute atomic E-state index is 0.0215. The van der Waals surface area contributed by atoms with Gasteiger partial charge in [0, 0.05) is 18.6 Å². The van der Waals surface area contributed by atoms with E-state index < -0.39 is 0 Å². The van der Waals surface area contributed by atoms with Crippen LogP contribution in [0, 0.1) is 5.92 Å². The van der Waals surface area contributed by atoms with E-state index in [0.29, 0.717) is 12.0 Å². The van der Waals surface area contributed by atoms with Gasteiger partial charge in [-0.3, -0.25) is 0 Å². The first-order valence-corrected chi connectivity index (χ1v) is 8.10. The SMILES string of the molecule is CCC(CC)N(CC(C)C)c1ccc([C@@H](C)N)cc1Cl.